The summed E-state index contributed by atoms with van der Waals surface area (Å²) >= 11 is 3.34. The molecule has 0 atom stereocenters. The third-order valence-electron chi connectivity index (χ3n) is 4.20. The molecule has 8 nitrogen and oxygen atoms in total. The number of ether oxygens (including phenoxy) is 3. The van der Waals surface area contributed by atoms with Crippen molar-refractivity contribution in [3.63, 3.8) is 0 Å². The van der Waals surface area contributed by atoms with Crippen molar-refractivity contribution < 1.29 is 23.8 Å². The number of carbonyl (C=O) groups is 2. The van der Waals surface area contributed by atoms with Gasteiger partial charge in [-0.15, -0.1) is 0 Å². The molecule has 3 rings (SSSR count). The Bertz CT molecular complexity index is 1120. The molecule has 33 heavy (non-hydrogen) atoms. The molecular weight excluding hydrogens is 490 g/mol. The van der Waals surface area contributed by atoms with Gasteiger partial charge in [0.1, 0.15) is 17.2 Å². The lowest BCUT2D eigenvalue weighted by atomic mass is 10.2. The Kier molecular flexibility index (Phi) is 8.84. The molecule has 0 unspecified atom stereocenters. The second-order valence-corrected chi connectivity index (χ2v) is 7.56. The maximum absolute atomic E-state index is 12.1. The number of methoxy groups -OCH3 is 1. The second kappa shape index (κ2) is 12.3. The van der Waals surface area contributed by atoms with Gasteiger partial charge in [0.15, 0.2) is 13.2 Å². The fourth-order valence-electron chi connectivity index (χ4n) is 2.65. The van der Waals surface area contributed by atoms with E-state index >= 15 is 0 Å². The summed E-state index contributed by atoms with van der Waals surface area (Å²) in [5, 5.41) is 6.65. The standard InChI is InChI=1S/C24H22BrN3O5/c1-31-22-8-3-2-7-21(22)27-23(29)15-32-19-11-9-17(10-12-19)14-26-28-24(30)16-33-20-6-4-5-18(25)13-20/h2-14H,15-16H2,1H3,(H,27,29)(H,28,30)/b26-14+. The summed E-state index contributed by atoms with van der Waals surface area (Å²) < 4.78 is 17.0. The van der Waals surface area contributed by atoms with E-state index in [1.165, 1.54) is 13.3 Å². The fourth-order valence-corrected chi connectivity index (χ4v) is 3.03. The van der Waals surface area contributed by atoms with Gasteiger partial charge in [0.2, 0.25) is 0 Å². The monoisotopic (exact) mass is 511 g/mol. The summed E-state index contributed by atoms with van der Waals surface area (Å²) in [6.45, 7) is -0.309. The Morgan fingerprint density at radius 3 is 2.39 bits per heavy atom. The molecule has 0 fully saturated rings. The first-order chi connectivity index (χ1) is 16.0. The van der Waals surface area contributed by atoms with E-state index in [0.717, 1.165) is 10.0 Å². The molecule has 3 aromatic carbocycles. The number of nitrogens with zero attached hydrogens (tertiary/aromatic N) is 1. The maximum Gasteiger partial charge on any atom is 0.277 e. The van der Waals surface area contributed by atoms with Crippen LogP contribution in [0.25, 0.3) is 0 Å². The van der Waals surface area contributed by atoms with Gasteiger partial charge in [-0.3, -0.25) is 9.59 Å². The largest absolute Gasteiger partial charge is 0.495 e. The van der Waals surface area contributed by atoms with Crippen molar-refractivity contribution >= 4 is 39.6 Å². The number of benzene rings is 3. The first-order valence-corrected chi connectivity index (χ1v) is 10.7. The molecule has 0 aliphatic rings. The van der Waals surface area contributed by atoms with Crippen LogP contribution in [0, 0.1) is 0 Å². The zero-order chi connectivity index (χ0) is 23.5. The number of anilines is 1. The van der Waals surface area contributed by atoms with Gasteiger partial charge < -0.3 is 19.5 Å². The van der Waals surface area contributed by atoms with Crippen molar-refractivity contribution in [2.45, 2.75) is 0 Å². The average molecular weight is 512 g/mol. The maximum atomic E-state index is 12.1. The Morgan fingerprint density at radius 1 is 0.909 bits per heavy atom. The summed E-state index contributed by atoms with van der Waals surface area (Å²) in [7, 11) is 1.54. The highest BCUT2D eigenvalue weighted by molar-refractivity contribution is 9.10. The molecule has 0 aromatic heterocycles. The van der Waals surface area contributed by atoms with E-state index in [2.05, 4.69) is 31.8 Å². The number of hydrogen-bond acceptors (Lipinski definition) is 6. The quantitative estimate of drug-likeness (QED) is 0.316. The summed E-state index contributed by atoms with van der Waals surface area (Å²) in [5.41, 5.74) is 3.72. The van der Waals surface area contributed by atoms with E-state index < -0.39 is 0 Å². The highest BCUT2D eigenvalue weighted by atomic mass is 79.9. The minimum absolute atomic E-state index is 0.153. The zero-order valence-corrected chi connectivity index (χ0v) is 19.4. The van der Waals surface area contributed by atoms with E-state index in [1.54, 1.807) is 54.6 Å². The summed E-state index contributed by atoms with van der Waals surface area (Å²) in [4.78, 5) is 24.0. The number of hydrogen-bond donors (Lipinski definition) is 2. The molecule has 0 heterocycles. The van der Waals surface area contributed by atoms with Crippen molar-refractivity contribution in [3.8, 4) is 17.2 Å². The summed E-state index contributed by atoms with van der Waals surface area (Å²) in [6, 6.07) is 21.2. The Balaban J connectivity index is 1.40. The van der Waals surface area contributed by atoms with Crippen LogP contribution in [-0.4, -0.2) is 38.4 Å². The Labute approximate surface area is 199 Å². The van der Waals surface area contributed by atoms with Crippen LogP contribution in [0.15, 0.2) is 82.4 Å². The number of halogens is 1. The molecule has 170 valence electrons. The van der Waals surface area contributed by atoms with Gasteiger partial charge in [-0.05, 0) is 60.2 Å². The number of hydrazone groups is 1. The van der Waals surface area contributed by atoms with Crippen molar-refractivity contribution in [3.05, 3.63) is 82.8 Å². The van der Waals surface area contributed by atoms with Crippen LogP contribution in [0.3, 0.4) is 0 Å². The topological polar surface area (TPSA) is 98.3 Å². The minimum Gasteiger partial charge on any atom is -0.495 e. The van der Waals surface area contributed by atoms with Gasteiger partial charge in [-0.1, -0.05) is 34.1 Å². The number of para-hydroxylation sites is 2. The third kappa shape index (κ3) is 7.97. The van der Waals surface area contributed by atoms with Gasteiger partial charge in [0.25, 0.3) is 11.8 Å². The molecular formula is C24H22BrN3O5. The van der Waals surface area contributed by atoms with E-state index in [0.29, 0.717) is 22.9 Å². The molecule has 0 saturated carbocycles. The number of carbonyl (C=O) groups excluding carboxylic acids is 2. The average Bonchev–Trinajstić information content (AvgIpc) is 2.83. The summed E-state index contributed by atoms with van der Waals surface area (Å²) in [6.07, 6.45) is 1.50. The molecule has 0 aliphatic carbocycles. The smallest absolute Gasteiger partial charge is 0.277 e. The van der Waals surface area contributed by atoms with Crippen LogP contribution >= 0.6 is 15.9 Å². The molecule has 0 spiro atoms. The zero-order valence-electron chi connectivity index (χ0n) is 17.8. The lowest BCUT2D eigenvalue weighted by Gasteiger charge is -2.10. The number of nitrogens with one attached hydrogen (secondary N) is 2. The molecule has 0 saturated heterocycles. The van der Waals surface area contributed by atoms with E-state index in [1.807, 2.05) is 18.2 Å². The van der Waals surface area contributed by atoms with Gasteiger partial charge >= 0.3 is 0 Å². The fraction of sp³-hybridized carbons (Fsp3) is 0.125. The van der Waals surface area contributed by atoms with Gasteiger partial charge in [-0.25, -0.2) is 5.43 Å². The highest BCUT2D eigenvalue weighted by Crippen LogP contribution is 2.23. The van der Waals surface area contributed by atoms with Gasteiger partial charge in [-0.2, -0.15) is 5.10 Å². The molecule has 2 N–H and O–H groups in total. The molecule has 0 aliphatic heterocycles. The molecule has 0 bridgehead atoms. The van der Waals surface area contributed by atoms with Crippen LogP contribution in [0.1, 0.15) is 5.56 Å². The lowest BCUT2D eigenvalue weighted by molar-refractivity contribution is -0.123. The van der Waals surface area contributed by atoms with Gasteiger partial charge in [0, 0.05) is 4.47 Å². The van der Waals surface area contributed by atoms with Crippen LogP contribution in [0.5, 0.6) is 17.2 Å². The minimum atomic E-state index is -0.382. The lowest BCUT2D eigenvalue weighted by Crippen LogP contribution is -2.24. The van der Waals surface area contributed by atoms with Crippen LogP contribution in [0.2, 0.25) is 0 Å². The predicted molar refractivity (Wildman–Crippen MR) is 129 cm³/mol. The van der Waals surface area contributed by atoms with Crippen LogP contribution in [-0.2, 0) is 9.59 Å². The van der Waals surface area contributed by atoms with Crippen molar-refractivity contribution in [2.24, 2.45) is 5.10 Å². The SMILES string of the molecule is COc1ccccc1NC(=O)COc1ccc(/C=N/NC(=O)COc2cccc(Br)c2)cc1. The summed E-state index contributed by atoms with van der Waals surface area (Å²) in [5.74, 6) is 0.982. The molecule has 9 heteroatoms. The number of amides is 2. The number of rotatable bonds is 10. The molecule has 0 radical (unpaired) electrons. The van der Waals surface area contributed by atoms with E-state index in [9.17, 15) is 9.59 Å². The van der Waals surface area contributed by atoms with E-state index in [4.69, 9.17) is 14.2 Å². The molecule has 3 aromatic rings. The highest BCUT2D eigenvalue weighted by Gasteiger charge is 2.08. The molecule has 2 amide bonds. The van der Waals surface area contributed by atoms with E-state index in [-0.39, 0.29) is 25.0 Å². The Morgan fingerprint density at radius 2 is 1.64 bits per heavy atom. The normalized spacial score (nSPS) is 10.5. The Hall–Kier alpha value is -3.85. The predicted octanol–water partition coefficient (Wildman–Crippen LogP) is 4.00. The van der Waals surface area contributed by atoms with Crippen molar-refractivity contribution in [1.82, 2.24) is 5.43 Å². The second-order valence-electron chi connectivity index (χ2n) is 6.65. The van der Waals surface area contributed by atoms with Crippen LogP contribution in [0.4, 0.5) is 5.69 Å². The van der Waals surface area contributed by atoms with Gasteiger partial charge in [0.05, 0.1) is 19.0 Å². The first kappa shape index (κ1) is 23.8. The first-order valence-electron chi connectivity index (χ1n) is 9.89. The van der Waals surface area contributed by atoms with Crippen molar-refractivity contribution in [1.29, 1.82) is 0 Å². The van der Waals surface area contributed by atoms with Crippen molar-refractivity contribution in [2.75, 3.05) is 25.6 Å². The third-order valence-corrected chi connectivity index (χ3v) is 4.69. The van der Waals surface area contributed by atoms with Crippen LogP contribution < -0.4 is 25.0 Å².